The molecule has 0 spiro atoms. The predicted molar refractivity (Wildman–Crippen MR) is 140 cm³/mol. The molecule has 0 unspecified atom stereocenters. The Hall–Kier alpha value is -3.61. The van der Waals surface area contributed by atoms with E-state index in [1.165, 1.54) is 17.5 Å². The highest BCUT2D eigenvalue weighted by Gasteiger charge is 2.26. The van der Waals surface area contributed by atoms with Gasteiger partial charge in [-0.3, -0.25) is 14.5 Å². The molecular formula is C24H23ClN8O3S. The predicted octanol–water partition coefficient (Wildman–Crippen LogP) is 2.90. The van der Waals surface area contributed by atoms with Crippen molar-refractivity contribution in [3.8, 4) is 11.8 Å². The molecule has 190 valence electrons. The van der Waals surface area contributed by atoms with Gasteiger partial charge in [0.1, 0.15) is 4.88 Å². The van der Waals surface area contributed by atoms with Gasteiger partial charge in [0.05, 0.1) is 41.6 Å². The van der Waals surface area contributed by atoms with Gasteiger partial charge in [-0.25, -0.2) is 15.0 Å². The molecule has 0 radical (unpaired) electrons. The molecule has 1 saturated heterocycles. The summed E-state index contributed by atoms with van der Waals surface area (Å²) < 4.78 is 6.96. The minimum Gasteiger partial charge on any atom is -0.418 e. The number of ether oxygens (including phenoxy) is 1. The highest BCUT2D eigenvalue weighted by Crippen LogP contribution is 2.40. The first kappa shape index (κ1) is 23.8. The normalized spacial score (nSPS) is 18.5. The van der Waals surface area contributed by atoms with Crippen LogP contribution in [0.5, 0.6) is 11.8 Å². The van der Waals surface area contributed by atoms with Gasteiger partial charge < -0.3 is 20.3 Å². The highest BCUT2D eigenvalue weighted by atomic mass is 35.5. The van der Waals surface area contributed by atoms with E-state index in [0.29, 0.717) is 47.7 Å². The average Bonchev–Trinajstić information content (AvgIpc) is 3.18. The number of benzene rings is 1. The maximum Gasteiger partial charge on any atom is 0.263 e. The first-order valence-corrected chi connectivity index (χ1v) is 13.0. The number of likely N-dealkylation sites (N-methyl/N-ethyl adjacent to an activating group) is 1. The van der Waals surface area contributed by atoms with Crippen molar-refractivity contribution in [2.75, 3.05) is 38.5 Å². The number of nitrogens with one attached hydrogen (secondary N) is 2. The van der Waals surface area contributed by atoms with Gasteiger partial charge in [0.2, 0.25) is 23.0 Å². The van der Waals surface area contributed by atoms with Gasteiger partial charge in [0.25, 0.3) is 5.91 Å². The van der Waals surface area contributed by atoms with E-state index in [-0.39, 0.29) is 34.9 Å². The fraction of sp³-hybridized carbons (Fsp3) is 0.333. The van der Waals surface area contributed by atoms with Gasteiger partial charge in [-0.05, 0) is 37.7 Å². The van der Waals surface area contributed by atoms with E-state index in [2.05, 4.69) is 30.6 Å². The van der Waals surface area contributed by atoms with Crippen molar-refractivity contribution in [1.82, 2.24) is 35.1 Å². The van der Waals surface area contributed by atoms with E-state index in [0.717, 1.165) is 22.3 Å². The summed E-state index contributed by atoms with van der Waals surface area (Å²) in [6.45, 7) is 4.60. The van der Waals surface area contributed by atoms with Crippen LogP contribution in [0.1, 0.15) is 22.2 Å². The topological polar surface area (TPSA) is 125 Å². The lowest BCUT2D eigenvalue weighted by Crippen LogP contribution is -2.48. The number of amides is 2. The Morgan fingerprint density at radius 3 is 2.89 bits per heavy atom. The van der Waals surface area contributed by atoms with Crippen molar-refractivity contribution in [3.05, 3.63) is 40.3 Å². The van der Waals surface area contributed by atoms with E-state index < -0.39 is 0 Å². The van der Waals surface area contributed by atoms with E-state index in [1.807, 2.05) is 31.0 Å². The third-order valence-corrected chi connectivity index (χ3v) is 7.71. The molecule has 1 atom stereocenters. The number of rotatable bonds is 4. The van der Waals surface area contributed by atoms with Crippen LogP contribution in [0.2, 0.25) is 5.28 Å². The number of carbonyl (C=O) groups excluding carboxylic acids is 2. The average molecular weight is 539 g/mol. The van der Waals surface area contributed by atoms with Crippen LogP contribution >= 0.6 is 22.9 Å². The van der Waals surface area contributed by atoms with Gasteiger partial charge >= 0.3 is 0 Å². The summed E-state index contributed by atoms with van der Waals surface area (Å²) in [6, 6.07) is 3.79. The van der Waals surface area contributed by atoms with Gasteiger partial charge in [-0.1, -0.05) is 0 Å². The lowest BCUT2D eigenvalue weighted by molar-refractivity contribution is -0.136. The minimum atomic E-state index is -0.0956. The molecule has 0 bridgehead atoms. The highest BCUT2D eigenvalue weighted by molar-refractivity contribution is 7.21. The molecule has 0 saturated carbocycles. The molecule has 2 amide bonds. The Kier molecular flexibility index (Phi) is 6.01. The molecule has 11 nitrogen and oxygen atoms in total. The molecule has 1 fully saturated rings. The van der Waals surface area contributed by atoms with Crippen molar-refractivity contribution >= 4 is 61.6 Å². The number of piperazine rings is 1. The van der Waals surface area contributed by atoms with Gasteiger partial charge in [-0.15, -0.1) is 11.3 Å². The standard InChI is InChI=1S/C24H23ClN8O3S/c1-12-7-26-20-18-15(37-21(20)22(35)29-12)4-3-14-19(18)27-9-16(30-14)36-23-13(8-28-24(25)31-23)10-33-6-5-32(2)11-17(33)34/h3-4,8-9,12,26H,5-7,10-11H2,1-2H3,(H,29,35)/t12-/m1/s1. The van der Waals surface area contributed by atoms with Crippen LogP contribution in [0, 0.1) is 0 Å². The maximum atomic E-state index is 12.7. The molecule has 4 aromatic rings. The van der Waals surface area contributed by atoms with E-state index >= 15 is 0 Å². The van der Waals surface area contributed by atoms with Crippen LogP contribution in [-0.2, 0) is 11.3 Å². The number of halogens is 1. The molecule has 37 heavy (non-hydrogen) atoms. The van der Waals surface area contributed by atoms with Crippen molar-refractivity contribution in [3.63, 3.8) is 0 Å². The largest absolute Gasteiger partial charge is 0.418 e. The molecule has 2 N–H and O–H groups in total. The zero-order chi connectivity index (χ0) is 25.7. The Labute approximate surface area is 220 Å². The zero-order valence-electron chi connectivity index (χ0n) is 20.1. The summed E-state index contributed by atoms with van der Waals surface area (Å²) in [7, 11) is 1.92. The Morgan fingerprint density at radius 2 is 2.05 bits per heavy atom. The molecule has 6 rings (SSSR count). The second kappa shape index (κ2) is 9.36. The smallest absolute Gasteiger partial charge is 0.263 e. The van der Waals surface area contributed by atoms with Crippen molar-refractivity contribution in [1.29, 1.82) is 0 Å². The van der Waals surface area contributed by atoms with Crippen molar-refractivity contribution < 1.29 is 14.3 Å². The molecule has 3 aromatic heterocycles. The van der Waals surface area contributed by atoms with Crippen LogP contribution in [0.4, 0.5) is 5.69 Å². The number of anilines is 1. The quantitative estimate of drug-likeness (QED) is 0.377. The number of carbonyl (C=O) groups is 2. The van der Waals surface area contributed by atoms with Crippen LogP contribution in [0.3, 0.4) is 0 Å². The SMILES string of the molecule is C[C@@H]1CNc2c(sc3ccc4nc(Oc5nc(Cl)ncc5CN5CCN(C)CC5=O)cnc4c23)C(=O)N1. The third kappa shape index (κ3) is 4.52. The number of aromatic nitrogens is 4. The summed E-state index contributed by atoms with van der Waals surface area (Å²) in [5.74, 6) is 0.379. The van der Waals surface area contributed by atoms with Gasteiger partial charge in [0, 0.05) is 42.0 Å². The first-order chi connectivity index (χ1) is 17.9. The number of thiophene rings is 1. The molecule has 2 aliphatic heterocycles. The fourth-order valence-corrected chi connectivity index (χ4v) is 5.70. The number of fused-ring (bicyclic) bond motifs is 5. The fourth-order valence-electron chi connectivity index (χ4n) is 4.49. The molecule has 1 aromatic carbocycles. The second-order valence-electron chi connectivity index (χ2n) is 9.20. The zero-order valence-corrected chi connectivity index (χ0v) is 21.7. The summed E-state index contributed by atoms with van der Waals surface area (Å²) >= 11 is 7.49. The first-order valence-electron chi connectivity index (χ1n) is 11.8. The number of hydrogen-bond acceptors (Lipinski definition) is 10. The molecule has 0 aliphatic carbocycles. The third-order valence-electron chi connectivity index (χ3n) is 6.38. The summed E-state index contributed by atoms with van der Waals surface area (Å²) in [5.41, 5.74) is 2.67. The number of hydrogen-bond donors (Lipinski definition) is 2. The minimum absolute atomic E-state index is 0.0123. The van der Waals surface area contributed by atoms with Crippen molar-refractivity contribution in [2.45, 2.75) is 19.5 Å². The summed E-state index contributed by atoms with van der Waals surface area (Å²) in [6.07, 6.45) is 3.08. The molecule has 5 heterocycles. The Balaban J connectivity index is 1.33. The molecule has 2 aliphatic rings. The van der Waals surface area contributed by atoms with E-state index in [4.69, 9.17) is 16.3 Å². The Morgan fingerprint density at radius 1 is 1.19 bits per heavy atom. The number of nitrogens with zero attached hydrogens (tertiary/aromatic N) is 6. The lowest BCUT2D eigenvalue weighted by atomic mass is 10.1. The monoisotopic (exact) mass is 538 g/mol. The van der Waals surface area contributed by atoms with Crippen LogP contribution in [-0.4, -0.2) is 80.8 Å². The van der Waals surface area contributed by atoms with Gasteiger partial charge in [0.15, 0.2) is 0 Å². The van der Waals surface area contributed by atoms with E-state index in [9.17, 15) is 9.59 Å². The summed E-state index contributed by atoms with van der Waals surface area (Å²) in [4.78, 5) is 47.1. The second-order valence-corrected chi connectivity index (χ2v) is 10.6. The van der Waals surface area contributed by atoms with Gasteiger partial charge in [-0.2, -0.15) is 4.98 Å². The Bertz CT molecular complexity index is 1560. The van der Waals surface area contributed by atoms with Crippen LogP contribution in [0.15, 0.2) is 24.5 Å². The maximum absolute atomic E-state index is 12.7. The molecular weight excluding hydrogens is 516 g/mol. The van der Waals surface area contributed by atoms with E-state index in [1.54, 1.807) is 11.1 Å². The molecule has 13 heteroatoms. The summed E-state index contributed by atoms with van der Waals surface area (Å²) in [5, 5.41) is 7.27. The van der Waals surface area contributed by atoms with Crippen LogP contribution in [0.25, 0.3) is 21.1 Å². The lowest BCUT2D eigenvalue weighted by Gasteiger charge is -2.32. The van der Waals surface area contributed by atoms with Crippen LogP contribution < -0.4 is 15.4 Å². The van der Waals surface area contributed by atoms with Crippen molar-refractivity contribution in [2.24, 2.45) is 0 Å².